The number of halogens is 1. The highest BCUT2D eigenvalue weighted by molar-refractivity contribution is 9.10. The molecule has 1 aromatic rings. The summed E-state index contributed by atoms with van der Waals surface area (Å²) in [5, 5.41) is 10.9. The summed E-state index contributed by atoms with van der Waals surface area (Å²) in [5.41, 5.74) is 1.59. The Labute approximate surface area is 101 Å². The van der Waals surface area contributed by atoms with Gasteiger partial charge in [-0.05, 0) is 30.5 Å². The zero-order chi connectivity index (χ0) is 11.7. The minimum absolute atomic E-state index is 0.148. The van der Waals surface area contributed by atoms with Crippen molar-refractivity contribution in [2.45, 2.75) is 18.9 Å². The molecule has 1 unspecified atom stereocenters. The number of amides is 1. The summed E-state index contributed by atoms with van der Waals surface area (Å²) in [5.74, 6) is -0.148. The Morgan fingerprint density at radius 1 is 1.50 bits per heavy atom. The van der Waals surface area contributed by atoms with Gasteiger partial charge in [-0.3, -0.25) is 4.79 Å². The van der Waals surface area contributed by atoms with Gasteiger partial charge in [0.2, 0.25) is 0 Å². The average Bonchev–Trinajstić information content (AvgIpc) is 2.22. The monoisotopic (exact) mass is 283 g/mol. The summed E-state index contributed by atoms with van der Waals surface area (Å²) >= 11 is 3.30. The first-order chi connectivity index (χ1) is 7.58. The van der Waals surface area contributed by atoms with E-state index in [1.807, 2.05) is 12.1 Å². The SMILES string of the molecule is O=C(O)NC1CCc2ccc(Br)cc2C1=O. The number of carboxylic acid groups (broad SMARTS) is 1. The van der Waals surface area contributed by atoms with Crippen LogP contribution in [0.15, 0.2) is 22.7 Å². The van der Waals surface area contributed by atoms with Crippen molar-refractivity contribution in [3.8, 4) is 0 Å². The normalized spacial score (nSPS) is 19.1. The highest BCUT2D eigenvalue weighted by Crippen LogP contribution is 2.24. The number of nitrogens with one attached hydrogen (secondary N) is 1. The van der Waals surface area contributed by atoms with Crippen LogP contribution in [0.2, 0.25) is 0 Å². The molecule has 0 spiro atoms. The molecule has 0 bridgehead atoms. The van der Waals surface area contributed by atoms with Gasteiger partial charge in [-0.2, -0.15) is 0 Å². The lowest BCUT2D eigenvalue weighted by Crippen LogP contribution is -2.42. The first kappa shape index (κ1) is 11.1. The van der Waals surface area contributed by atoms with Gasteiger partial charge < -0.3 is 10.4 Å². The van der Waals surface area contributed by atoms with E-state index in [1.54, 1.807) is 6.07 Å². The number of carbonyl (C=O) groups is 2. The Morgan fingerprint density at radius 2 is 2.25 bits per heavy atom. The van der Waals surface area contributed by atoms with Crippen LogP contribution in [0, 0.1) is 0 Å². The van der Waals surface area contributed by atoms with E-state index in [9.17, 15) is 9.59 Å². The zero-order valence-corrected chi connectivity index (χ0v) is 9.95. The molecule has 0 aliphatic heterocycles. The van der Waals surface area contributed by atoms with Gasteiger partial charge in [0, 0.05) is 10.0 Å². The Hall–Kier alpha value is -1.36. The van der Waals surface area contributed by atoms with Crippen molar-refractivity contribution in [2.75, 3.05) is 0 Å². The number of hydrogen-bond donors (Lipinski definition) is 2. The summed E-state index contributed by atoms with van der Waals surface area (Å²) in [6, 6.07) is 4.91. The van der Waals surface area contributed by atoms with Crippen LogP contribution in [0.25, 0.3) is 0 Å². The Morgan fingerprint density at radius 3 is 2.94 bits per heavy atom. The fraction of sp³-hybridized carbons (Fsp3) is 0.273. The molecule has 0 fully saturated rings. The molecular weight excluding hydrogens is 274 g/mol. The number of carbonyl (C=O) groups excluding carboxylic acids is 1. The molecule has 1 atom stereocenters. The van der Waals surface area contributed by atoms with Gasteiger partial charge in [-0.15, -0.1) is 0 Å². The number of Topliss-reactive ketones (excluding diaryl/α,β-unsaturated/α-hetero) is 1. The minimum Gasteiger partial charge on any atom is -0.465 e. The summed E-state index contributed by atoms with van der Waals surface area (Å²) in [6.07, 6.45) is 0.0933. The van der Waals surface area contributed by atoms with E-state index in [1.165, 1.54) is 0 Å². The lowest BCUT2D eigenvalue weighted by Gasteiger charge is -2.23. The van der Waals surface area contributed by atoms with Gasteiger partial charge in [0.25, 0.3) is 0 Å². The van der Waals surface area contributed by atoms with Crippen LogP contribution in [-0.2, 0) is 6.42 Å². The van der Waals surface area contributed by atoms with E-state index in [2.05, 4.69) is 21.2 Å². The van der Waals surface area contributed by atoms with Crippen LogP contribution >= 0.6 is 15.9 Å². The molecule has 0 saturated carbocycles. The number of benzene rings is 1. The highest BCUT2D eigenvalue weighted by atomic mass is 79.9. The van der Waals surface area contributed by atoms with E-state index in [4.69, 9.17) is 5.11 Å². The lowest BCUT2D eigenvalue weighted by atomic mass is 9.87. The number of fused-ring (bicyclic) bond motifs is 1. The van der Waals surface area contributed by atoms with Crippen LogP contribution in [0.3, 0.4) is 0 Å². The molecule has 16 heavy (non-hydrogen) atoms. The van der Waals surface area contributed by atoms with Gasteiger partial charge in [0.1, 0.15) is 0 Å². The standard InChI is InChI=1S/C11H10BrNO3/c12-7-3-1-6-2-4-9(13-11(15)16)10(14)8(6)5-7/h1,3,5,9,13H,2,4H2,(H,15,16). The Bertz CT molecular complexity index is 459. The van der Waals surface area contributed by atoms with E-state index >= 15 is 0 Å². The van der Waals surface area contributed by atoms with Crippen LogP contribution in [0.5, 0.6) is 0 Å². The maximum absolute atomic E-state index is 12.0. The first-order valence-corrected chi connectivity index (χ1v) is 5.69. The Kier molecular flexibility index (Phi) is 2.96. The van der Waals surface area contributed by atoms with Crippen molar-refractivity contribution in [2.24, 2.45) is 0 Å². The van der Waals surface area contributed by atoms with Crippen LogP contribution in [0.4, 0.5) is 4.79 Å². The molecular formula is C11H10BrNO3. The second-order valence-electron chi connectivity index (χ2n) is 3.71. The molecule has 0 saturated heterocycles. The number of ketones is 1. The molecule has 2 N–H and O–H groups in total. The molecule has 4 nitrogen and oxygen atoms in total. The van der Waals surface area contributed by atoms with Crippen molar-refractivity contribution in [1.82, 2.24) is 5.32 Å². The first-order valence-electron chi connectivity index (χ1n) is 4.90. The Balaban J connectivity index is 2.30. The predicted molar refractivity (Wildman–Crippen MR) is 61.7 cm³/mol. The van der Waals surface area contributed by atoms with E-state index < -0.39 is 12.1 Å². The van der Waals surface area contributed by atoms with E-state index in [-0.39, 0.29) is 5.78 Å². The molecule has 1 aliphatic rings. The quantitative estimate of drug-likeness (QED) is 0.831. The maximum atomic E-state index is 12.0. The molecule has 84 valence electrons. The van der Waals surface area contributed by atoms with Crippen molar-refractivity contribution in [1.29, 1.82) is 0 Å². The lowest BCUT2D eigenvalue weighted by molar-refractivity contribution is 0.0921. The predicted octanol–water partition coefficient (Wildman–Crippen LogP) is 2.21. The fourth-order valence-electron chi connectivity index (χ4n) is 1.90. The van der Waals surface area contributed by atoms with Crippen molar-refractivity contribution < 1.29 is 14.7 Å². The van der Waals surface area contributed by atoms with Crippen LogP contribution in [-0.4, -0.2) is 23.0 Å². The molecule has 0 radical (unpaired) electrons. The third-order valence-electron chi connectivity index (χ3n) is 2.65. The van der Waals surface area contributed by atoms with Gasteiger partial charge in [-0.25, -0.2) is 4.79 Å². The van der Waals surface area contributed by atoms with Gasteiger partial charge >= 0.3 is 6.09 Å². The topological polar surface area (TPSA) is 66.4 Å². The molecule has 2 rings (SSSR count). The maximum Gasteiger partial charge on any atom is 0.405 e. The van der Waals surface area contributed by atoms with Crippen molar-refractivity contribution >= 4 is 27.8 Å². The summed E-state index contributed by atoms with van der Waals surface area (Å²) in [7, 11) is 0. The second kappa shape index (κ2) is 4.25. The van der Waals surface area contributed by atoms with Crippen LogP contribution < -0.4 is 5.32 Å². The summed E-state index contributed by atoms with van der Waals surface area (Å²) < 4.78 is 0.829. The molecule has 1 amide bonds. The third kappa shape index (κ3) is 2.09. The largest absolute Gasteiger partial charge is 0.465 e. The second-order valence-corrected chi connectivity index (χ2v) is 4.62. The molecule has 1 aliphatic carbocycles. The summed E-state index contributed by atoms with van der Waals surface area (Å²) in [4.78, 5) is 22.5. The molecule has 0 aromatic heterocycles. The number of aryl methyl sites for hydroxylation is 1. The van der Waals surface area contributed by atoms with Gasteiger partial charge in [-0.1, -0.05) is 22.0 Å². The van der Waals surface area contributed by atoms with Crippen molar-refractivity contribution in [3.63, 3.8) is 0 Å². The minimum atomic E-state index is -1.16. The van der Waals surface area contributed by atoms with E-state index in [0.29, 0.717) is 12.0 Å². The van der Waals surface area contributed by atoms with Gasteiger partial charge in [0.15, 0.2) is 5.78 Å². The van der Waals surface area contributed by atoms with E-state index in [0.717, 1.165) is 16.5 Å². The van der Waals surface area contributed by atoms with Crippen molar-refractivity contribution in [3.05, 3.63) is 33.8 Å². The third-order valence-corrected chi connectivity index (χ3v) is 3.15. The zero-order valence-electron chi connectivity index (χ0n) is 8.37. The molecule has 5 heteroatoms. The highest BCUT2D eigenvalue weighted by Gasteiger charge is 2.28. The number of rotatable bonds is 1. The average molecular weight is 284 g/mol. The molecule has 1 aromatic carbocycles. The smallest absolute Gasteiger partial charge is 0.405 e. The fourth-order valence-corrected chi connectivity index (χ4v) is 2.26. The summed E-state index contributed by atoms with van der Waals surface area (Å²) in [6.45, 7) is 0. The van der Waals surface area contributed by atoms with Crippen LogP contribution in [0.1, 0.15) is 22.3 Å². The number of hydrogen-bond acceptors (Lipinski definition) is 2. The van der Waals surface area contributed by atoms with Gasteiger partial charge in [0.05, 0.1) is 6.04 Å². The molecule has 0 heterocycles.